The molecule has 2 atom stereocenters. The van der Waals surface area contributed by atoms with Crippen LogP contribution in [-0.2, 0) is 16.0 Å². The minimum Gasteiger partial charge on any atom is -0.423 e. The van der Waals surface area contributed by atoms with Gasteiger partial charge in [0.15, 0.2) is 0 Å². The summed E-state index contributed by atoms with van der Waals surface area (Å²) in [5, 5.41) is 18.8. The molecule has 2 aromatic heterocycles. The summed E-state index contributed by atoms with van der Waals surface area (Å²) in [5.74, 6) is -0.631. The zero-order valence-corrected chi connectivity index (χ0v) is 13.6. The molecule has 2 aromatic rings. The third-order valence-electron chi connectivity index (χ3n) is 5.30. The molecule has 0 amide bonds. The SMILES string of the molecule is CC1(C)C2C(=O)C(Cc3cc4nccc(B(O)O)c4s3)C(=O)C21. The van der Waals surface area contributed by atoms with Crippen LogP contribution < -0.4 is 5.46 Å². The van der Waals surface area contributed by atoms with Gasteiger partial charge in [-0.15, -0.1) is 11.3 Å². The summed E-state index contributed by atoms with van der Waals surface area (Å²) < 4.78 is 0.695. The van der Waals surface area contributed by atoms with Crippen molar-refractivity contribution in [2.45, 2.75) is 20.3 Å². The van der Waals surface area contributed by atoms with Crippen molar-refractivity contribution in [2.24, 2.45) is 23.2 Å². The van der Waals surface area contributed by atoms with Gasteiger partial charge in [-0.25, -0.2) is 0 Å². The van der Waals surface area contributed by atoms with Crippen LogP contribution in [0, 0.1) is 23.2 Å². The van der Waals surface area contributed by atoms with E-state index in [2.05, 4.69) is 4.98 Å². The smallest absolute Gasteiger partial charge is 0.423 e. The van der Waals surface area contributed by atoms with E-state index in [1.807, 2.05) is 19.9 Å². The maximum atomic E-state index is 12.5. The van der Waals surface area contributed by atoms with E-state index in [-0.39, 0.29) is 28.8 Å². The topological polar surface area (TPSA) is 87.5 Å². The minimum absolute atomic E-state index is 0.0674. The van der Waals surface area contributed by atoms with Crippen LogP contribution in [0.15, 0.2) is 18.3 Å². The van der Waals surface area contributed by atoms with Gasteiger partial charge in [-0.1, -0.05) is 13.8 Å². The monoisotopic (exact) mass is 329 g/mol. The van der Waals surface area contributed by atoms with Gasteiger partial charge in [-0.05, 0) is 24.0 Å². The number of pyridine rings is 1. The average molecular weight is 329 g/mol. The molecule has 2 heterocycles. The molecule has 2 aliphatic carbocycles. The number of nitrogens with zero attached hydrogens (tertiary/aromatic N) is 1. The number of hydrogen-bond donors (Lipinski definition) is 2. The fourth-order valence-corrected chi connectivity index (χ4v) is 5.18. The number of hydrogen-bond acceptors (Lipinski definition) is 6. The van der Waals surface area contributed by atoms with E-state index in [0.29, 0.717) is 22.1 Å². The maximum Gasteiger partial charge on any atom is 0.490 e. The summed E-state index contributed by atoms with van der Waals surface area (Å²) in [6.07, 6.45) is 1.92. The lowest BCUT2D eigenvalue weighted by molar-refractivity contribution is -0.131. The van der Waals surface area contributed by atoms with Gasteiger partial charge in [0.25, 0.3) is 0 Å². The Morgan fingerprint density at radius 2 is 1.91 bits per heavy atom. The summed E-state index contributed by atoms with van der Waals surface area (Å²) in [4.78, 5) is 30.0. The Kier molecular flexibility index (Phi) is 3.08. The van der Waals surface area contributed by atoms with Crippen LogP contribution in [0.5, 0.6) is 0 Å². The van der Waals surface area contributed by atoms with E-state index in [0.717, 1.165) is 4.88 Å². The molecule has 23 heavy (non-hydrogen) atoms. The molecule has 2 unspecified atom stereocenters. The van der Waals surface area contributed by atoms with E-state index >= 15 is 0 Å². The van der Waals surface area contributed by atoms with Crippen molar-refractivity contribution < 1.29 is 19.6 Å². The van der Waals surface area contributed by atoms with Crippen LogP contribution in [0.2, 0.25) is 0 Å². The first-order chi connectivity index (χ1) is 10.8. The van der Waals surface area contributed by atoms with Gasteiger partial charge in [-0.3, -0.25) is 14.6 Å². The van der Waals surface area contributed by atoms with E-state index < -0.39 is 13.0 Å². The Labute approximate surface area is 137 Å². The lowest BCUT2D eigenvalue weighted by atomic mass is 9.81. The van der Waals surface area contributed by atoms with Crippen molar-refractivity contribution in [3.05, 3.63) is 23.2 Å². The molecule has 0 saturated heterocycles. The number of ketones is 2. The van der Waals surface area contributed by atoms with Gasteiger partial charge < -0.3 is 10.0 Å². The molecule has 0 aliphatic heterocycles. The number of aromatic nitrogens is 1. The van der Waals surface area contributed by atoms with Crippen LogP contribution in [-0.4, -0.2) is 33.7 Å². The Bertz CT molecular complexity index is 820. The predicted molar refractivity (Wildman–Crippen MR) is 87.4 cm³/mol. The van der Waals surface area contributed by atoms with Crippen molar-refractivity contribution in [3.8, 4) is 0 Å². The molecule has 2 saturated carbocycles. The fraction of sp³-hybridized carbons (Fsp3) is 0.438. The van der Waals surface area contributed by atoms with Crippen LogP contribution in [0.3, 0.4) is 0 Å². The lowest BCUT2D eigenvalue weighted by Gasteiger charge is -2.14. The molecule has 0 aromatic carbocycles. The molecule has 0 radical (unpaired) electrons. The molecule has 5 nitrogen and oxygen atoms in total. The normalized spacial score (nSPS) is 28.3. The van der Waals surface area contributed by atoms with E-state index in [9.17, 15) is 19.6 Å². The molecule has 2 fully saturated rings. The fourth-order valence-electron chi connectivity index (χ4n) is 3.99. The first kappa shape index (κ1) is 15.0. The molecule has 2 N–H and O–H groups in total. The van der Waals surface area contributed by atoms with E-state index in [1.54, 1.807) is 6.07 Å². The summed E-state index contributed by atoms with van der Waals surface area (Å²) in [6, 6.07) is 3.40. The standard InChI is InChI=1S/C16H16BNO4S/c1-16(2)11-12(16)14(20)8(13(11)19)5-7-6-10-15(23-7)9(17(21)22)3-4-18-10/h3-4,6,8,11-12,21-22H,5H2,1-2H3. The summed E-state index contributed by atoms with van der Waals surface area (Å²) in [6.45, 7) is 3.96. The first-order valence-electron chi connectivity index (χ1n) is 7.63. The van der Waals surface area contributed by atoms with Gasteiger partial charge in [-0.2, -0.15) is 0 Å². The Morgan fingerprint density at radius 1 is 1.26 bits per heavy atom. The first-order valence-corrected chi connectivity index (χ1v) is 8.45. The van der Waals surface area contributed by atoms with E-state index in [1.165, 1.54) is 17.5 Å². The number of rotatable bonds is 3. The molecule has 7 heteroatoms. The highest BCUT2D eigenvalue weighted by Gasteiger charge is 2.72. The van der Waals surface area contributed by atoms with Crippen molar-refractivity contribution in [1.29, 1.82) is 0 Å². The van der Waals surface area contributed by atoms with Gasteiger partial charge >= 0.3 is 7.12 Å². The highest BCUT2D eigenvalue weighted by atomic mass is 32.1. The van der Waals surface area contributed by atoms with Gasteiger partial charge in [0.05, 0.1) is 16.1 Å². The second kappa shape index (κ2) is 4.72. The minimum atomic E-state index is -1.56. The summed E-state index contributed by atoms with van der Waals surface area (Å²) in [5.41, 5.74) is 0.902. The number of carbonyl (C=O) groups excluding carboxylic acids is 2. The third-order valence-corrected chi connectivity index (χ3v) is 6.50. The maximum absolute atomic E-state index is 12.5. The number of Topliss-reactive ketones (excluding diaryl/α,β-unsaturated/α-hetero) is 2. The highest BCUT2D eigenvalue weighted by Crippen LogP contribution is 2.65. The van der Waals surface area contributed by atoms with Crippen molar-refractivity contribution in [1.82, 2.24) is 4.98 Å². The number of carbonyl (C=O) groups is 2. The van der Waals surface area contributed by atoms with Gasteiger partial charge in [0.2, 0.25) is 0 Å². The zero-order valence-electron chi connectivity index (χ0n) is 12.8. The molecule has 4 rings (SSSR count). The molecular formula is C16H16BNO4S. The second-order valence-electron chi connectivity index (χ2n) is 7.04. The second-order valence-corrected chi connectivity index (χ2v) is 8.18. The molecular weight excluding hydrogens is 313 g/mol. The third kappa shape index (κ3) is 2.03. The van der Waals surface area contributed by atoms with Crippen LogP contribution in [0.4, 0.5) is 0 Å². The van der Waals surface area contributed by atoms with Crippen LogP contribution >= 0.6 is 11.3 Å². The zero-order chi connectivity index (χ0) is 16.5. The van der Waals surface area contributed by atoms with Crippen molar-refractivity contribution >= 4 is 45.7 Å². The molecule has 0 bridgehead atoms. The predicted octanol–water partition coefficient (Wildman–Crippen LogP) is 0.559. The average Bonchev–Trinajstić information content (AvgIpc) is 2.78. The number of thiophene rings is 1. The van der Waals surface area contributed by atoms with E-state index in [4.69, 9.17) is 0 Å². The Morgan fingerprint density at radius 3 is 2.52 bits per heavy atom. The number of fused-ring (bicyclic) bond motifs is 2. The Balaban J connectivity index is 1.64. The Hall–Kier alpha value is -1.57. The lowest BCUT2D eigenvalue weighted by Crippen LogP contribution is -2.29. The van der Waals surface area contributed by atoms with Crippen LogP contribution in [0.25, 0.3) is 10.2 Å². The summed E-state index contributed by atoms with van der Waals surface area (Å²) >= 11 is 1.37. The van der Waals surface area contributed by atoms with Gasteiger partial charge in [0.1, 0.15) is 11.6 Å². The quantitative estimate of drug-likeness (QED) is 0.635. The molecule has 0 spiro atoms. The molecule has 2 aliphatic rings. The molecule has 118 valence electrons. The van der Waals surface area contributed by atoms with Crippen molar-refractivity contribution in [2.75, 3.05) is 0 Å². The highest BCUT2D eigenvalue weighted by molar-refractivity contribution is 7.20. The van der Waals surface area contributed by atoms with Gasteiger partial charge in [0, 0.05) is 28.4 Å². The summed E-state index contributed by atoms with van der Waals surface area (Å²) in [7, 11) is -1.56. The largest absolute Gasteiger partial charge is 0.490 e. The van der Waals surface area contributed by atoms with Crippen LogP contribution in [0.1, 0.15) is 18.7 Å². The van der Waals surface area contributed by atoms with Crippen molar-refractivity contribution in [3.63, 3.8) is 0 Å².